The molecule has 3 aliphatic rings. The van der Waals surface area contributed by atoms with Crippen LogP contribution in [-0.2, 0) is 9.59 Å². The van der Waals surface area contributed by atoms with Crippen LogP contribution in [0.1, 0.15) is 25.7 Å². The number of piperazine rings is 1. The Balaban J connectivity index is 1.34. The summed E-state index contributed by atoms with van der Waals surface area (Å²) in [4.78, 5) is 50.6. The first-order valence-electron chi connectivity index (χ1n) is 9.02. The van der Waals surface area contributed by atoms with Crippen LogP contribution in [0, 0.1) is 0 Å². The first kappa shape index (κ1) is 16.7. The molecule has 1 aromatic heterocycles. The summed E-state index contributed by atoms with van der Waals surface area (Å²) in [6.45, 7) is 2.18. The Labute approximate surface area is 151 Å². The van der Waals surface area contributed by atoms with Gasteiger partial charge in [0, 0.05) is 38.6 Å². The summed E-state index contributed by atoms with van der Waals surface area (Å²) in [5, 5.41) is 2.81. The molecule has 0 unspecified atom stereocenters. The number of nitrogens with one attached hydrogen (secondary N) is 1. The molecule has 2 saturated heterocycles. The predicted octanol–water partition coefficient (Wildman–Crippen LogP) is -0.0102. The molecule has 3 heterocycles. The third-order valence-electron chi connectivity index (χ3n) is 5.50. The molecule has 0 aromatic carbocycles. The fourth-order valence-corrected chi connectivity index (χ4v) is 4.01. The van der Waals surface area contributed by atoms with Crippen LogP contribution in [0.3, 0.4) is 0 Å². The van der Waals surface area contributed by atoms with Gasteiger partial charge in [-0.05, 0) is 12.8 Å². The molecule has 9 heteroatoms. The minimum Gasteiger partial charge on any atom is -0.352 e. The van der Waals surface area contributed by atoms with Gasteiger partial charge in [-0.1, -0.05) is 12.8 Å². The highest BCUT2D eigenvalue weighted by Crippen LogP contribution is 2.34. The number of carbonyl (C=O) groups excluding carboxylic acids is 3. The molecule has 4 rings (SSSR count). The van der Waals surface area contributed by atoms with Gasteiger partial charge in [0.15, 0.2) is 0 Å². The van der Waals surface area contributed by atoms with Gasteiger partial charge in [-0.2, -0.15) is 0 Å². The van der Waals surface area contributed by atoms with E-state index >= 15 is 0 Å². The fraction of sp³-hybridized carbons (Fsp3) is 0.588. The molecule has 3 fully saturated rings. The largest absolute Gasteiger partial charge is 0.352 e. The molecule has 0 bridgehead atoms. The lowest BCUT2D eigenvalue weighted by molar-refractivity contribution is -0.139. The number of imide groups is 1. The van der Waals surface area contributed by atoms with Crippen molar-refractivity contribution >= 4 is 23.7 Å². The number of aromatic nitrogens is 2. The Hall–Kier alpha value is -2.71. The minimum atomic E-state index is -0.762. The number of carbonyl (C=O) groups is 3. The monoisotopic (exact) mass is 358 g/mol. The normalized spacial score (nSPS) is 22.2. The molecule has 1 N–H and O–H groups in total. The summed E-state index contributed by atoms with van der Waals surface area (Å²) < 4.78 is 0. The summed E-state index contributed by atoms with van der Waals surface area (Å²) in [7, 11) is 0. The summed E-state index contributed by atoms with van der Waals surface area (Å²) in [6.07, 6.45) is 8.15. The molecule has 1 aromatic rings. The van der Waals surface area contributed by atoms with Crippen molar-refractivity contribution in [3.05, 3.63) is 18.6 Å². The lowest BCUT2D eigenvalue weighted by Crippen LogP contribution is -2.52. The number of hydrogen-bond donors (Lipinski definition) is 1. The van der Waals surface area contributed by atoms with Crippen molar-refractivity contribution < 1.29 is 14.4 Å². The Morgan fingerprint density at radius 2 is 1.85 bits per heavy atom. The average Bonchev–Trinajstić information content (AvgIpc) is 3.23. The maximum atomic E-state index is 12.6. The first-order valence-corrected chi connectivity index (χ1v) is 9.02. The van der Waals surface area contributed by atoms with Gasteiger partial charge in [0.2, 0.25) is 5.91 Å². The quantitative estimate of drug-likeness (QED) is 0.763. The van der Waals surface area contributed by atoms with E-state index < -0.39 is 11.6 Å². The standard InChI is InChI=1S/C17H22N6O3/c24-14(12-23-15(25)17(20-16(23)26)3-1-2-4-17)22-9-7-21(8-10-22)13-11-18-5-6-19-13/h5-6,11H,1-4,7-10,12H2,(H,20,26). The highest BCUT2D eigenvalue weighted by molar-refractivity contribution is 6.09. The Morgan fingerprint density at radius 3 is 2.50 bits per heavy atom. The van der Waals surface area contributed by atoms with Crippen LogP contribution in [0.2, 0.25) is 0 Å². The van der Waals surface area contributed by atoms with Crippen molar-refractivity contribution in [2.75, 3.05) is 37.6 Å². The second-order valence-electron chi connectivity index (χ2n) is 7.04. The maximum Gasteiger partial charge on any atom is 0.325 e. The van der Waals surface area contributed by atoms with Gasteiger partial charge in [0.05, 0.1) is 6.20 Å². The van der Waals surface area contributed by atoms with Crippen molar-refractivity contribution in [1.82, 2.24) is 25.1 Å². The van der Waals surface area contributed by atoms with E-state index in [0.717, 1.165) is 23.6 Å². The van der Waals surface area contributed by atoms with Crippen LogP contribution in [0.4, 0.5) is 10.6 Å². The van der Waals surface area contributed by atoms with Gasteiger partial charge >= 0.3 is 6.03 Å². The molecule has 1 aliphatic carbocycles. The van der Waals surface area contributed by atoms with E-state index in [1.54, 1.807) is 23.5 Å². The van der Waals surface area contributed by atoms with Gasteiger partial charge in [-0.3, -0.25) is 19.5 Å². The number of rotatable bonds is 3. The van der Waals surface area contributed by atoms with Gasteiger partial charge in [0.1, 0.15) is 17.9 Å². The van der Waals surface area contributed by atoms with Crippen molar-refractivity contribution in [2.24, 2.45) is 0 Å². The van der Waals surface area contributed by atoms with Crippen molar-refractivity contribution in [1.29, 1.82) is 0 Å². The lowest BCUT2D eigenvalue weighted by atomic mass is 9.98. The molecule has 0 radical (unpaired) electrons. The summed E-state index contributed by atoms with van der Waals surface area (Å²) >= 11 is 0. The number of urea groups is 1. The van der Waals surface area contributed by atoms with E-state index in [1.807, 2.05) is 0 Å². The summed E-state index contributed by atoms with van der Waals surface area (Å²) in [6, 6.07) is -0.441. The number of nitrogens with zero attached hydrogens (tertiary/aromatic N) is 5. The third kappa shape index (κ3) is 2.87. The summed E-state index contributed by atoms with van der Waals surface area (Å²) in [5.74, 6) is 0.353. The number of amides is 4. The molecule has 26 heavy (non-hydrogen) atoms. The van der Waals surface area contributed by atoms with Gasteiger partial charge in [-0.15, -0.1) is 0 Å². The molecule has 4 amide bonds. The van der Waals surface area contributed by atoms with Gasteiger partial charge in [0.25, 0.3) is 5.91 Å². The number of hydrogen-bond acceptors (Lipinski definition) is 6. The van der Waals surface area contributed by atoms with Crippen LogP contribution in [0.25, 0.3) is 0 Å². The van der Waals surface area contributed by atoms with E-state index in [4.69, 9.17) is 0 Å². The van der Waals surface area contributed by atoms with Gasteiger partial charge < -0.3 is 15.1 Å². The van der Waals surface area contributed by atoms with E-state index in [0.29, 0.717) is 39.0 Å². The van der Waals surface area contributed by atoms with Crippen LogP contribution >= 0.6 is 0 Å². The minimum absolute atomic E-state index is 0.183. The van der Waals surface area contributed by atoms with Crippen LogP contribution < -0.4 is 10.2 Å². The van der Waals surface area contributed by atoms with Crippen molar-refractivity contribution in [3.8, 4) is 0 Å². The van der Waals surface area contributed by atoms with Crippen LogP contribution in [0.5, 0.6) is 0 Å². The zero-order valence-electron chi connectivity index (χ0n) is 14.6. The van der Waals surface area contributed by atoms with Crippen molar-refractivity contribution in [2.45, 2.75) is 31.2 Å². The molecule has 1 spiro atoms. The lowest BCUT2D eigenvalue weighted by Gasteiger charge is -2.35. The second-order valence-corrected chi connectivity index (χ2v) is 7.04. The van der Waals surface area contributed by atoms with E-state index in [9.17, 15) is 14.4 Å². The third-order valence-corrected chi connectivity index (χ3v) is 5.50. The second kappa shape index (κ2) is 6.54. The molecular weight excluding hydrogens is 336 g/mol. The highest BCUT2D eigenvalue weighted by atomic mass is 16.2. The topological polar surface area (TPSA) is 98.7 Å². The molecule has 2 aliphatic heterocycles. The molecule has 138 valence electrons. The Kier molecular flexibility index (Phi) is 4.21. The predicted molar refractivity (Wildman–Crippen MR) is 92.3 cm³/mol. The zero-order valence-corrected chi connectivity index (χ0v) is 14.6. The van der Waals surface area contributed by atoms with E-state index in [2.05, 4.69) is 20.2 Å². The van der Waals surface area contributed by atoms with E-state index in [-0.39, 0.29) is 18.4 Å². The first-order chi connectivity index (χ1) is 12.6. The van der Waals surface area contributed by atoms with Gasteiger partial charge in [-0.25, -0.2) is 9.78 Å². The molecule has 0 atom stereocenters. The van der Waals surface area contributed by atoms with Crippen LogP contribution in [-0.4, -0.2) is 75.9 Å². The summed E-state index contributed by atoms with van der Waals surface area (Å²) in [5.41, 5.74) is -0.762. The average molecular weight is 358 g/mol. The van der Waals surface area contributed by atoms with E-state index in [1.165, 1.54) is 0 Å². The Bertz CT molecular complexity index is 710. The SMILES string of the molecule is O=C(CN1C(=O)NC2(CCCC2)C1=O)N1CCN(c2cnccn2)CC1. The smallest absolute Gasteiger partial charge is 0.325 e. The molecule has 9 nitrogen and oxygen atoms in total. The zero-order chi connectivity index (χ0) is 18.1. The molecule has 1 saturated carbocycles. The van der Waals surface area contributed by atoms with Crippen LogP contribution in [0.15, 0.2) is 18.6 Å². The van der Waals surface area contributed by atoms with Crippen molar-refractivity contribution in [3.63, 3.8) is 0 Å². The fourth-order valence-electron chi connectivity index (χ4n) is 4.01. The maximum absolute atomic E-state index is 12.6. The molecular formula is C17H22N6O3. The highest BCUT2D eigenvalue weighted by Gasteiger charge is 2.52. The Morgan fingerprint density at radius 1 is 1.12 bits per heavy atom. The number of anilines is 1.